The minimum Gasteiger partial charge on any atom is -0.394 e. The molecular weight excluding hydrogens is 228 g/mol. The number of hydrogen-bond acceptors (Lipinski definition) is 4. The van der Waals surface area contributed by atoms with Gasteiger partial charge in [-0.05, 0) is 25.5 Å². The van der Waals surface area contributed by atoms with Crippen LogP contribution in [0.15, 0.2) is 23.1 Å². The number of rotatable bonds is 4. The molecule has 0 aliphatic heterocycles. The van der Waals surface area contributed by atoms with Crippen LogP contribution in [0.2, 0.25) is 0 Å². The highest BCUT2D eigenvalue weighted by Crippen LogP contribution is 2.18. The van der Waals surface area contributed by atoms with Crippen LogP contribution in [0.3, 0.4) is 0 Å². The van der Waals surface area contributed by atoms with E-state index in [1.807, 2.05) is 6.92 Å². The van der Waals surface area contributed by atoms with E-state index in [0.29, 0.717) is 5.56 Å². The summed E-state index contributed by atoms with van der Waals surface area (Å²) in [6.45, 7) is 3.04. The topological polar surface area (TPSA) is 74.6 Å². The summed E-state index contributed by atoms with van der Waals surface area (Å²) >= 11 is 0. The van der Waals surface area contributed by atoms with E-state index in [1.165, 1.54) is 6.07 Å². The van der Waals surface area contributed by atoms with Crippen molar-refractivity contribution in [1.29, 1.82) is 0 Å². The lowest BCUT2D eigenvalue weighted by Gasteiger charge is -2.11. The Balaban J connectivity index is 3.08. The second-order valence-corrected chi connectivity index (χ2v) is 5.89. The van der Waals surface area contributed by atoms with Gasteiger partial charge in [-0.1, -0.05) is 17.7 Å². The molecule has 0 aromatic heterocycles. The molecule has 0 aliphatic rings. The number of aliphatic hydroxyl groups excluding tert-OH is 2. The van der Waals surface area contributed by atoms with Crippen molar-refractivity contribution < 1.29 is 18.6 Å². The quantitative estimate of drug-likeness (QED) is 0.805. The van der Waals surface area contributed by atoms with Gasteiger partial charge in [0.05, 0.1) is 23.4 Å². The van der Waals surface area contributed by atoms with Crippen molar-refractivity contribution in [3.05, 3.63) is 29.3 Å². The second-order valence-electron chi connectivity index (χ2n) is 3.89. The molecule has 1 rings (SSSR count). The number of sulfone groups is 1. The predicted octanol–water partition coefficient (Wildman–Crippen LogP) is 0.430. The molecule has 0 spiro atoms. The fraction of sp³-hybridized carbons (Fsp3) is 0.455. The summed E-state index contributed by atoms with van der Waals surface area (Å²) in [6, 6.07) is 5.02. The fourth-order valence-electron chi connectivity index (χ4n) is 1.54. The Bertz CT molecular complexity index is 465. The summed E-state index contributed by atoms with van der Waals surface area (Å²) in [5.41, 5.74) is 1.64. The normalized spacial score (nSPS) is 13.8. The molecule has 0 amide bonds. The van der Waals surface area contributed by atoms with Crippen molar-refractivity contribution >= 4 is 9.84 Å². The van der Waals surface area contributed by atoms with Crippen LogP contribution in [0.4, 0.5) is 0 Å². The van der Waals surface area contributed by atoms with E-state index >= 15 is 0 Å². The Hall–Kier alpha value is -0.910. The van der Waals surface area contributed by atoms with Gasteiger partial charge >= 0.3 is 0 Å². The van der Waals surface area contributed by atoms with Crippen LogP contribution >= 0.6 is 0 Å². The summed E-state index contributed by atoms with van der Waals surface area (Å²) in [7, 11) is -3.53. The van der Waals surface area contributed by atoms with Crippen molar-refractivity contribution in [3.63, 3.8) is 0 Å². The van der Waals surface area contributed by atoms with E-state index < -0.39 is 28.3 Å². The van der Waals surface area contributed by atoms with Crippen molar-refractivity contribution in [1.82, 2.24) is 0 Å². The first-order valence-corrected chi connectivity index (χ1v) is 6.61. The standard InChI is InChI=1S/C11H16O4S/c1-8-3-4-11(9(2)5-8)16(14,15)7-10(13)6-12/h3-5,10,12-13H,6-7H2,1-2H3. The molecule has 5 heteroatoms. The van der Waals surface area contributed by atoms with Crippen LogP contribution < -0.4 is 0 Å². The zero-order valence-electron chi connectivity index (χ0n) is 9.34. The van der Waals surface area contributed by atoms with Gasteiger partial charge in [0.2, 0.25) is 0 Å². The molecule has 2 N–H and O–H groups in total. The lowest BCUT2D eigenvalue weighted by molar-refractivity contribution is 0.112. The van der Waals surface area contributed by atoms with E-state index in [-0.39, 0.29) is 4.90 Å². The van der Waals surface area contributed by atoms with Gasteiger partial charge in [0.15, 0.2) is 9.84 Å². The van der Waals surface area contributed by atoms with E-state index in [9.17, 15) is 13.5 Å². The molecule has 0 aliphatic carbocycles. The van der Waals surface area contributed by atoms with Gasteiger partial charge in [-0.25, -0.2) is 8.42 Å². The highest BCUT2D eigenvalue weighted by Gasteiger charge is 2.20. The Morgan fingerprint density at radius 1 is 1.31 bits per heavy atom. The molecule has 0 fully saturated rings. The number of benzene rings is 1. The number of hydrogen-bond donors (Lipinski definition) is 2. The van der Waals surface area contributed by atoms with Crippen LogP contribution in [0.5, 0.6) is 0 Å². The van der Waals surface area contributed by atoms with Gasteiger partial charge in [0, 0.05) is 0 Å². The minimum absolute atomic E-state index is 0.214. The van der Waals surface area contributed by atoms with Crippen LogP contribution in [0.1, 0.15) is 11.1 Å². The van der Waals surface area contributed by atoms with Gasteiger partial charge in [-0.3, -0.25) is 0 Å². The number of aryl methyl sites for hydroxylation is 2. The Kier molecular flexibility index (Phi) is 4.07. The zero-order valence-corrected chi connectivity index (χ0v) is 10.2. The maximum absolute atomic E-state index is 11.9. The molecule has 0 radical (unpaired) electrons. The molecule has 0 heterocycles. The fourth-order valence-corrected chi connectivity index (χ4v) is 3.16. The van der Waals surface area contributed by atoms with Crippen LogP contribution in [0, 0.1) is 13.8 Å². The van der Waals surface area contributed by atoms with Gasteiger partial charge in [0.1, 0.15) is 0 Å². The highest BCUT2D eigenvalue weighted by molar-refractivity contribution is 7.91. The van der Waals surface area contributed by atoms with Gasteiger partial charge in [-0.2, -0.15) is 0 Å². The van der Waals surface area contributed by atoms with Gasteiger partial charge < -0.3 is 10.2 Å². The van der Waals surface area contributed by atoms with Crippen molar-refractivity contribution in [2.24, 2.45) is 0 Å². The highest BCUT2D eigenvalue weighted by atomic mass is 32.2. The molecule has 1 unspecified atom stereocenters. The summed E-state index contributed by atoms with van der Waals surface area (Å²) in [5.74, 6) is -0.451. The van der Waals surface area contributed by atoms with Crippen molar-refractivity contribution in [2.75, 3.05) is 12.4 Å². The molecule has 0 saturated heterocycles. The van der Waals surface area contributed by atoms with E-state index in [0.717, 1.165) is 5.56 Å². The monoisotopic (exact) mass is 244 g/mol. The molecular formula is C11H16O4S. The minimum atomic E-state index is -3.53. The van der Waals surface area contributed by atoms with E-state index in [2.05, 4.69) is 0 Å². The Morgan fingerprint density at radius 2 is 1.94 bits per heavy atom. The number of aliphatic hydroxyl groups is 2. The van der Waals surface area contributed by atoms with Crippen molar-refractivity contribution in [3.8, 4) is 0 Å². The predicted molar refractivity (Wildman–Crippen MR) is 61.1 cm³/mol. The van der Waals surface area contributed by atoms with Crippen LogP contribution in [-0.4, -0.2) is 37.1 Å². The first-order chi connectivity index (χ1) is 7.36. The lowest BCUT2D eigenvalue weighted by Crippen LogP contribution is -2.24. The van der Waals surface area contributed by atoms with Gasteiger partial charge in [0.25, 0.3) is 0 Å². The zero-order chi connectivity index (χ0) is 12.3. The molecule has 1 aromatic carbocycles. The Labute approximate surface area is 95.5 Å². The first kappa shape index (κ1) is 13.2. The molecule has 1 aromatic rings. The van der Waals surface area contributed by atoms with Crippen molar-refractivity contribution in [2.45, 2.75) is 24.8 Å². The third-order valence-corrected chi connectivity index (χ3v) is 4.24. The average molecular weight is 244 g/mol. The molecule has 1 atom stereocenters. The van der Waals surface area contributed by atoms with Crippen LogP contribution in [-0.2, 0) is 9.84 Å². The van der Waals surface area contributed by atoms with Crippen LogP contribution in [0.25, 0.3) is 0 Å². The third kappa shape index (κ3) is 3.04. The van der Waals surface area contributed by atoms with E-state index in [4.69, 9.17) is 5.11 Å². The lowest BCUT2D eigenvalue weighted by atomic mass is 10.2. The van der Waals surface area contributed by atoms with Gasteiger partial charge in [-0.15, -0.1) is 0 Å². The smallest absolute Gasteiger partial charge is 0.181 e. The summed E-state index contributed by atoms with van der Waals surface area (Å²) < 4.78 is 23.7. The SMILES string of the molecule is Cc1ccc(S(=O)(=O)CC(O)CO)c(C)c1. The molecule has 0 bridgehead atoms. The Morgan fingerprint density at radius 3 is 2.44 bits per heavy atom. The maximum Gasteiger partial charge on any atom is 0.181 e. The average Bonchev–Trinajstić information content (AvgIpc) is 2.16. The molecule has 90 valence electrons. The second kappa shape index (κ2) is 4.95. The maximum atomic E-state index is 11.9. The third-order valence-electron chi connectivity index (χ3n) is 2.29. The molecule has 4 nitrogen and oxygen atoms in total. The summed E-state index contributed by atoms with van der Waals surface area (Å²) in [5, 5.41) is 17.8. The molecule has 0 saturated carbocycles. The largest absolute Gasteiger partial charge is 0.394 e. The summed E-state index contributed by atoms with van der Waals surface area (Å²) in [4.78, 5) is 0.214. The summed E-state index contributed by atoms with van der Waals surface area (Å²) in [6.07, 6.45) is -1.23. The van der Waals surface area contributed by atoms with E-state index in [1.54, 1.807) is 19.1 Å². The first-order valence-electron chi connectivity index (χ1n) is 4.96. The molecule has 16 heavy (non-hydrogen) atoms.